The van der Waals surface area contributed by atoms with Crippen molar-refractivity contribution in [2.75, 3.05) is 13.7 Å². The first-order chi connectivity index (χ1) is 14.1. The summed E-state index contributed by atoms with van der Waals surface area (Å²) in [5.41, 5.74) is 3.28. The third-order valence-corrected chi connectivity index (χ3v) is 5.80. The Labute approximate surface area is 190 Å². The molecule has 0 unspecified atom stereocenters. The topological polar surface area (TPSA) is 30.5 Å². The van der Waals surface area contributed by atoms with Crippen LogP contribution in [0.25, 0.3) is 0 Å². The standard InChI is InChI=1S/C23H22BrCl2NO2/c1-28-22-11-18(14-27-10-9-17-7-8-19(25)12-21(17)26)20(24)13-23(22)29-15-16-5-3-2-4-6-16/h2-8,11-13,27H,9-10,14-15H2,1H3. The van der Waals surface area contributed by atoms with Gasteiger partial charge in [-0.05, 0) is 53.9 Å². The lowest BCUT2D eigenvalue weighted by molar-refractivity contribution is 0.284. The smallest absolute Gasteiger partial charge is 0.162 e. The molecule has 0 saturated heterocycles. The summed E-state index contributed by atoms with van der Waals surface area (Å²) >= 11 is 15.8. The van der Waals surface area contributed by atoms with Crippen LogP contribution in [0.15, 0.2) is 65.1 Å². The quantitative estimate of drug-likeness (QED) is 0.336. The van der Waals surface area contributed by atoms with E-state index in [-0.39, 0.29) is 0 Å². The summed E-state index contributed by atoms with van der Waals surface area (Å²) in [5.74, 6) is 1.42. The molecule has 0 spiro atoms. The second kappa shape index (κ2) is 10.9. The van der Waals surface area contributed by atoms with Gasteiger partial charge in [0, 0.05) is 21.1 Å². The Kier molecular flexibility index (Phi) is 8.25. The molecule has 3 aromatic carbocycles. The van der Waals surface area contributed by atoms with Gasteiger partial charge in [-0.1, -0.05) is 75.5 Å². The summed E-state index contributed by atoms with van der Waals surface area (Å²) in [7, 11) is 1.65. The molecule has 0 amide bonds. The van der Waals surface area contributed by atoms with Gasteiger partial charge in [0.25, 0.3) is 0 Å². The lowest BCUT2D eigenvalue weighted by Gasteiger charge is -2.15. The van der Waals surface area contributed by atoms with Crippen LogP contribution >= 0.6 is 39.1 Å². The van der Waals surface area contributed by atoms with Crippen LogP contribution in [0.2, 0.25) is 10.0 Å². The summed E-state index contributed by atoms with van der Waals surface area (Å²) in [4.78, 5) is 0. The number of rotatable bonds is 9. The molecule has 0 atom stereocenters. The molecule has 0 aromatic heterocycles. The van der Waals surface area contributed by atoms with Gasteiger partial charge in [-0.15, -0.1) is 0 Å². The Morgan fingerprint density at radius 3 is 2.45 bits per heavy atom. The number of halogens is 3. The van der Waals surface area contributed by atoms with Crippen LogP contribution in [0, 0.1) is 0 Å². The highest BCUT2D eigenvalue weighted by atomic mass is 79.9. The lowest BCUT2D eigenvalue weighted by atomic mass is 10.1. The van der Waals surface area contributed by atoms with Crippen molar-refractivity contribution in [1.29, 1.82) is 0 Å². The number of hydrogen-bond acceptors (Lipinski definition) is 3. The van der Waals surface area contributed by atoms with E-state index >= 15 is 0 Å². The summed E-state index contributed by atoms with van der Waals surface area (Å²) in [6.45, 7) is 1.98. The first-order valence-corrected chi connectivity index (χ1v) is 10.8. The van der Waals surface area contributed by atoms with Crippen molar-refractivity contribution in [1.82, 2.24) is 5.32 Å². The Morgan fingerprint density at radius 2 is 1.72 bits per heavy atom. The fourth-order valence-electron chi connectivity index (χ4n) is 2.89. The molecule has 0 fully saturated rings. The van der Waals surface area contributed by atoms with Gasteiger partial charge in [-0.2, -0.15) is 0 Å². The van der Waals surface area contributed by atoms with Crippen LogP contribution in [-0.2, 0) is 19.6 Å². The van der Waals surface area contributed by atoms with Gasteiger partial charge in [0.05, 0.1) is 7.11 Å². The molecule has 0 heterocycles. The zero-order chi connectivity index (χ0) is 20.6. The maximum atomic E-state index is 6.23. The number of ether oxygens (including phenoxy) is 2. The van der Waals surface area contributed by atoms with Crippen LogP contribution < -0.4 is 14.8 Å². The highest BCUT2D eigenvalue weighted by Gasteiger charge is 2.11. The molecule has 152 valence electrons. The van der Waals surface area contributed by atoms with Crippen molar-refractivity contribution in [3.05, 3.63) is 91.9 Å². The molecule has 29 heavy (non-hydrogen) atoms. The lowest BCUT2D eigenvalue weighted by Crippen LogP contribution is -2.17. The minimum absolute atomic E-state index is 0.489. The number of nitrogens with one attached hydrogen (secondary N) is 1. The maximum absolute atomic E-state index is 6.23. The van der Waals surface area contributed by atoms with Crippen molar-refractivity contribution < 1.29 is 9.47 Å². The van der Waals surface area contributed by atoms with Gasteiger partial charge < -0.3 is 14.8 Å². The zero-order valence-electron chi connectivity index (χ0n) is 16.1. The fourth-order valence-corrected chi connectivity index (χ4v) is 3.86. The third-order valence-electron chi connectivity index (χ3n) is 4.47. The second-order valence-electron chi connectivity index (χ2n) is 6.53. The molecule has 0 aliphatic rings. The number of hydrogen-bond donors (Lipinski definition) is 1. The van der Waals surface area contributed by atoms with Gasteiger partial charge >= 0.3 is 0 Å². The summed E-state index contributed by atoms with van der Waals surface area (Å²) in [5, 5.41) is 4.79. The van der Waals surface area contributed by atoms with E-state index in [4.69, 9.17) is 32.7 Å². The van der Waals surface area contributed by atoms with Crippen molar-refractivity contribution in [2.45, 2.75) is 19.6 Å². The number of benzene rings is 3. The SMILES string of the molecule is COc1cc(CNCCc2ccc(Cl)cc2Cl)c(Br)cc1OCc1ccccc1. The number of methoxy groups -OCH3 is 1. The van der Waals surface area contributed by atoms with E-state index in [9.17, 15) is 0 Å². The zero-order valence-corrected chi connectivity index (χ0v) is 19.2. The minimum Gasteiger partial charge on any atom is -0.493 e. The molecule has 3 aromatic rings. The molecule has 1 N–H and O–H groups in total. The highest BCUT2D eigenvalue weighted by Crippen LogP contribution is 2.34. The molecular formula is C23H22BrCl2NO2. The van der Waals surface area contributed by atoms with E-state index in [1.807, 2.05) is 54.6 Å². The molecule has 0 radical (unpaired) electrons. The van der Waals surface area contributed by atoms with Crippen LogP contribution in [0.5, 0.6) is 11.5 Å². The van der Waals surface area contributed by atoms with Crippen molar-refractivity contribution >= 4 is 39.1 Å². The Balaban J connectivity index is 1.58. The van der Waals surface area contributed by atoms with Crippen LogP contribution in [0.4, 0.5) is 0 Å². The molecule has 3 nitrogen and oxygen atoms in total. The monoisotopic (exact) mass is 493 g/mol. The summed E-state index contributed by atoms with van der Waals surface area (Å²) < 4.78 is 12.5. The average Bonchev–Trinajstić information content (AvgIpc) is 2.72. The molecule has 0 saturated carbocycles. The minimum atomic E-state index is 0.489. The Morgan fingerprint density at radius 1 is 0.931 bits per heavy atom. The molecule has 0 aliphatic heterocycles. The van der Waals surface area contributed by atoms with Gasteiger partial charge in [-0.3, -0.25) is 0 Å². The first kappa shape index (κ1) is 22.0. The molecule has 6 heteroatoms. The van der Waals surface area contributed by atoms with Gasteiger partial charge in [-0.25, -0.2) is 0 Å². The summed E-state index contributed by atoms with van der Waals surface area (Å²) in [6, 6.07) is 19.6. The molecule has 0 bridgehead atoms. The molecule has 0 aliphatic carbocycles. The maximum Gasteiger partial charge on any atom is 0.162 e. The van der Waals surface area contributed by atoms with Crippen molar-refractivity contribution in [2.24, 2.45) is 0 Å². The van der Waals surface area contributed by atoms with E-state index < -0.39 is 0 Å². The largest absolute Gasteiger partial charge is 0.493 e. The van der Waals surface area contributed by atoms with Gasteiger partial charge in [0.1, 0.15) is 6.61 Å². The molecular weight excluding hydrogens is 473 g/mol. The summed E-state index contributed by atoms with van der Waals surface area (Å²) in [6.07, 6.45) is 0.822. The van der Waals surface area contributed by atoms with E-state index in [1.165, 1.54) is 0 Å². The van der Waals surface area contributed by atoms with E-state index in [2.05, 4.69) is 21.2 Å². The highest BCUT2D eigenvalue weighted by molar-refractivity contribution is 9.10. The van der Waals surface area contributed by atoms with Crippen LogP contribution in [0.3, 0.4) is 0 Å². The van der Waals surface area contributed by atoms with Gasteiger partial charge in [0.15, 0.2) is 11.5 Å². The predicted octanol–water partition coefficient (Wildman–Crippen LogP) is 6.68. The van der Waals surface area contributed by atoms with Crippen molar-refractivity contribution in [3.63, 3.8) is 0 Å². The second-order valence-corrected chi connectivity index (χ2v) is 8.23. The Bertz CT molecular complexity index is 951. The molecule has 3 rings (SSSR count). The predicted molar refractivity (Wildman–Crippen MR) is 123 cm³/mol. The van der Waals surface area contributed by atoms with E-state index in [1.54, 1.807) is 13.2 Å². The van der Waals surface area contributed by atoms with Crippen LogP contribution in [-0.4, -0.2) is 13.7 Å². The van der Waals surface area contributed by atoms with Gasteiger partial charge in [0.2, 0.25) is 0 Å². The normalized spacial score (nSPS) is 10.8. The van der Waals surface area contributed by atoms with Crippen LogP contribution in [0.1, 0.15) is 16.7 Å². The first-order valence-electron chi connectivity index (χ1n) is 9.24. The third kappa shape index (κ3) is 6.38. The fraction of sp³-hybridized carbons (Fsp3) is 0.217. The Hall–Kier alpha value is -1.72. The van der Waals surface area contributed by atoms with Crippen molar-refractivity contribution in [3.8, 4) is 11.5 Å². The van der Waals surface area contributed by atoms with E-state index in [0.717, 1.165) is 34.1 Å². The van der Waals surface area contributed by atoms with E-state index in [0.29, 0.717) is 34.7 Å². The average molecular weight is 495 g/mol.